The summed E-state index contributed by atoms with van der Waals surface area (Å²) in [5.74, 6) is -1.11. The Labute approximate surface area is 153 Å². The van der Waals surface area contributed by atoms with E-state index in [0.717, 1.165) is 18.2 Å². The number of hydrogen-bond acceptors (Lipinski definition) is 8. The number of phenols is 1. The molecule has 1 atom stereocenters. The van der Waals surface area contributed by atoms with Gasteiger partial charge in [-0.3, -0.25) is 14.9 Å². The van der Waals surface area contributed by atoms with Crippen molar-refractivity contribution in [2.45, 2.75) is 12.5 Å². The molecule has 0 aromatic heterocycles. The van der Waals surface area contributed by atoms with E-state index in [2.05, 4.69) is 0 Å². The maximum atomic E-state index is 12.6. The number of phenolic OH excluding ortho intramolecular Hbond substituents is 1. The third kappa shape index (κ3) is 3.14. The number of Topliss-reactive ketones (excluding diaryl/α,β-unsaturated/α-hetero) is 1. The van der Waals surface area contributed by atoms with Crippen LogP contribution in [-0.2, 0) is 4.74 Å². The zero-order valence-electron chi connectivity index (χ0n) is 14.4. The molecule has 1 aliphatic heterocycles. The van der Waals surface area contributed by atoms with Crippen molar-refractivity contribution < 1.29 is 33.8 Å². The summed E-state index contributed by atoms with van der Waals surface area (Å²) >= 11 is 0. The highest BCUT2D eigenvalue weighted by atomic mass is 16.6. The Hall–Kier alpha value is -3.62. The third-order valence-corrected chi connectivity index (χ3v) is 4.24. The Morgan fingerprint density at radius 2 is 2.00 bits per heavy atom. The summed E-state index contributed by atoms with van der Waals surface area (Å²) in [5.41, 5.74) is 0.0642. The first-order valence-corrected chi connectivity index (χ1v) is 7.83. The lowest BCUT2D eigenvalue weighted by Gasteiger charge is -2.12. The molecule has 27 heavy (non-hydrogen) atoms. The molecule has 0 saturated heterocycles. The Bertz CT molecular complexity index is 953. The molecule has 0 spiro atoms. The van der Waals surface area contributed by atoms with E-state index < -0.39 is 22.8 Å². The van der Waals surface area contributed by atoms with Gasteiger partial charge in [-0.15, -0.1) is 0 Å². The number of fused-ring (bicyclic) bond motifs is 1. The van der Waals surface area contributed by atoms with E-state index >= 15 is 0 Å². The van der Waals surface area contributed by atoms with Crippen LogP contribution in [0.3, 0.4) is 0 Å². The highest BCUT2D eigenvalue weighted by Gasteiger charge is 2.37. The van der Waals surface area contributed by atoms with E-state index in [9.17, 15) is 24.8 Å². The molecule has 0 bridgehead atoms. The monoisotopic (exact) mass is 373 g/mol. The van der Waals surface area contributed by atoms with E-state index in [1.807, 2.05) is 0 Å². The Kier molecular flexibility index (Phi) is 4.68. The fourth-order valence-corrected chi connectivity index (χ4v) is 2.96. The van der Waals surface area contributed by atoms with Gasteiger partial charge in [0.15, 0.2) is 17.3 Å². The molecule has 0 amide bonds. The predicted octanol–water partition coefficient (Wildman–Crippen LogP) is 2.80. The number of cyclic esters (lactones) is 1. The molecule has 1 heterocycles. The number of nitrogens with zero attached hydrogens (tertiary/aromatic N) is 1. The van der Waals surface area contributed by atoms with Crippen LogP contribution < -0.4 is 9.47 Å². The van der Waals surface area contributed by atoms with Gasteiger partial charge in [-0.2, -0.15) is 0 Å². The lowest BCUT2D eigenvalue weighted by molar-refractivity contribution is -0.384. The number of ether oxygens (including phenoxy) is 3. The average molecular weight is 373 g/mol. The van der Waals surface area contributed by atoms with Gasteiger partial charge >= 0.3 is 5.97 Å². The summed E-state index contributed by atoms with van der Waals surface area (Å²) in [6.45, 7) is 0. The summed E-state index contributed by atoms with van der Waals surface area (Å²) in [5, 5.41) is 20.8. The number of non-ortho nitro benzene ring substituents is 1. The minimum atomic E-state index is -0.904. The van der Waals surface area contributed by atoms with E-state index in [0.29, 0.717) is 11.3 Å². The van der Waals surface area contributed by atoms with Crippen molar-refractivity contribution in [1.29, 1.82) is 0 Å². The van der Waals surface area contributed by atoms with Crippen molar-refractivity contribution >= 4 is 17.4 Å². The maximum Gasteiger partial charge on any atom is 0.343 e. The summed E-state index contributed by atoms with van der Waals surface area (Å²) in [6, 6.07) is 6.33. The van der Waals surface area contributed by atoms with Crippen molar-refractivity contribution in [3.05, 3.63) is 57.1 Å². The quantitative estimate of drug-likeness (QED) is 0.355. The molecule has 0 saturated carbocycles. The van der Waals surface area contributed by atoms with Crippen LogP contribution in [0.5, 0.6) is 17.2 Å². The lowest BCUT2D eigenvalue weighted by Crippen LogP contribution is -2.08. The number of nitro groups is 1. The molecule has 1 aliphatic rings. The zero-order chi connectivity index (χ0) is 19.7. The highest BCUT2D eigenvalue weighted by molar-refractivity contribution is 6.02. The second-order valence-electron chi connectivity index (χ2n) is 5.75. The zero-order valence-corrected chi connectivity index (χ0v) is 14.4. The normalized spacial score (nSPS) is 15.0. The van der Waals surface area contributed by atoms with Crippen molar-refractivity contribution in [3.63, 3.8) is 0 Å². The minimum absolute atomic E-state index is 0.165. The first-order chi connectivity index (χ1) is 12.9. The van der Waals surface area contributed by atoms with Crippen LogP contribution in [0.2, 0.25) is 0 Å². The van der Waals surface area contributed by atoms with Gasteiger partial charge in [0.1, 0.15) is 17.4 Å². The van der Waals surface area contributed by atoms with Gasteiger partial charge in [-0.05, 0) is 12.1 Å². The Morgan fingerprint density at radius 1 is 1.26 bits per heavy atom. The summed E-state index contributed by atoms with van der Waals surface area (Å²) in [7, 11) is 2.81. The predicted molar refractivity (Wildman–Crippen MR) is 91.4 cm³/mol. The SMILES string of the molecule is COc1ccc2c(c1OC)C(=O)O[C@@H]2CC(=O)c1cc([N+](=O)[O-])ccc1O. The molecule has 2 aromatic rings. The number of methoxy groups -OCH3 is 2. The summed E-state index contributed by atoms with van der Waals surface area (Å²) < 4.78 is 15.6. The van der Waals surface area contributed by atoms with Gasteiger partial charge in [-0.25, -0.2) is 4.79 Å². The number of hydrogen-bond donors (Lipinski definition) is 1. The van der Waals surface area contributed by atoms with Crippen molar-refractivity contribution in [1.82, 2.24) is 0 Å². The van der Waals surface area contributed by atoms with Crippen LogP contribution in [0, 0.1) is 10.1 Å². The van der Waals surface area contributed by atoms with E-state index in [1.165, 1.54) is 14.2 Å². The van der Waals surface area contributed by atoms with Crippen LogP contribution in [0.1, 0.15) is 38.8 Å². The van der Waals surface area contributed by atoms with Crippen LogP contribution >= 0.6 is 0 Å². The molecule has 140 valence electrons. The van der Waals surface area contributed by atoms with Gasteiger partial charge in [0.05, 0.1) is 31.1 Å². The van der Waals surface area contributed by atoms with Gasteiger partial charge in [0.2, 0.25) is 0 Å². The third-order valence-electron chi connectivity index (χ3n) is 4.24. The van der Waals surface area contributed by atoms with Crippen molar-refractivity contribution in [3.8, 4) is 17.2 Å². The molecule has 2 aromatic carbocycles. The molecule has 0 unspecified atom stereocenters. The number of benzene rings is 2. The first kappa shape index (κ1) is 18.2. The van der Waals surface area contributed by atoms with E-state index in [-0.39, 0.29) is 34.7 Å². The fourth-order valence-electron chi connectivity index (χ4n) is 2.96. The number of carbonyl (C=O) groups is 2. The summed E-state index contributed by atoms with van der Waals surface area (Å²) in [4.78, 5) is 35.0. The van der Waals surface area contributed by atoms with Crippen LogP contribution in [-0.4, -0.2) is 36.0 Å². The summed E-state index contributed by atoms with van der Waals surface area (Å²) in [6.07, 6.45) is -1.19. The lowest BCUT2D eigenvalue weighted by atomic mass is 9.97. The van der Waals surface area contributed by atoms with Crippen LogP contribution in [0.4, 0.5) is 5.69 Å². The Morgan fingerprint density at radius 3 is 2.63 bits per heavy atom. The molecular formula is C18H15NO8. The number of carbonyl (C=O) groups excluding carboxylic acids is 2. The van der Waals surface area contributed by atoms with Crippen LogP contribution in [0.15, 0.2) is 30.3 Å². The molecule has 9 nitrogen and oxygen atoms in total. The molecule has 0 aliphatic carbocycles. The molecule has 3 rings (SSSR count). The van der Waals surface area contributed by atoms with Crippen LogP contribution in [0.25, 0.3) is 0 Å². The number of ketones is 1. The fraction of sp³-hybridized carbons (Fsp3) is 0.222. The maximum absolute atomic E-state index is 12.6. The largest absolute Gasteiger partial charge is 0.507 e. The number of aromatic hydroxyl groups is 1. The van der Waals surface area contributed by atoms with Crippen molar-refractivity contribution in [2.24, 2.45) is 0 Å². The van der Waals surface area contributed by atoms with Gasteiger partial charge in [0, 0.05) is 17.7 Å². The first-order valence-electron chi connectivity index (χ1n) is 7.83. The average Bonchev–Trinajstić information content (AvgIpc) is 2.96. The van der Waals surface area contributed by atoms with E-state index in [1.54, 1.807) is 12.1 Å². The second kappa shape index (κ2) is 6.94. The standard InChI is InChI=1S/C18H15NO8/c1-25-14-6-4-10-15(27-18(22)16(10)17(14)26-2)8-13(21)11-7-9(19(23)24)3-5-12(11)20/h3-7,15,20H,8H2,1-2H3/t15-/m1/s1. The smallest absolute Gasteiger partial charge is 0.343 e. The van der Waals surface area contributed by atoms with Gasteiger partial charge in [0.25, 0.3) is 5.69 Å². The van der Waals surface area contributed by atoms with Crippen molar-refractivity contribution in [2.75, 3.05) is 14.2 Å². The minimum Gasteiger partial charge on any atom is -0.507 e. The highest BCUT2D eigenvalue weighted by Crippen LogP contribution is 2.43. The van der Waals surface area contributed by atoms with Gasteiger partial charge in [-0.1, -0.05) is 6.07 Å². The van der Waals surface area contributed by atoms with E-state index in [4.69, 9.17) is 14.2 Å². The molecule has 0 fully saturated rings. The number of rotatable bonds is 6. The molecule has 9 heteroatoms. The molecule has 1 N–H and O–H groups in total. The number of nitro benzene ring substituents is 1. The molecular weight excluding hydrogens is 358 g/mol. The Balaban J connectivity index is 1.93. The van der Waals surface area contributed by atoms with Gasteiger partial charge < -0.3 is 19.3 Å². The topological polar surface area (TPSA) is 125 Å². The molecule has 0 radical (unpaired) electrons. The number of esters is 1. The second-order valence-corrected chi connectivity index (χ2v) is 5.75.